The number of methoxy groups -OCH3 is 2. The van der Waals surface area contributed by atoms with Crippen molar-refractivity contribution in [3.8, 4) is 45.8 Å². The Labute approximate surface area is 197 Å². The maximum atomic E-state index is 13.5. The third-order valence-corrected chi connectivity index (χ3v) is 5.70. The highest BCUT2D eigenvalue weighted by Crippen LogP contribution is 2.43. The van der Waals surface area contributed by atoms with Gasteiger partial charge >= 0.3 is 0 Å². The van der Waals surface area contributed by atoms with Crippen LogP contribution in [0.5, 0.6) is 34.5 Å². The lowest BCUT2D eigenvalue weighted by atomic mass is 10.00. The quantitative estimate of drug-likeness (QED) is 0.294. The summed E-state index contributed by atoms with van der Waals surface area (Å²) in [6.45, 7) is 1.43. The van der Waals surface area contributed by atoms with Gasteiger partial charge in [-0.25, -0.2) is 0 Å². The first-order valence-corrected chi connectivity index (χ1v) is 10.4. The molecular formula is C23H24O12. The van der Waals surface area contributed by atoms with Crippen LogP contribution in [0.1, 0.15) is 6.92 Å². The first-order chi connectivity index (χ1) is 16.6. The van der Waals surface area contributed by atoms with Crippen molar-refractivity contribution in [3.63, 3.8) is 0 Å². The van der Waals surface area contributed by atoms with Crippen molar-refractivity contribution in [2.75, 3.05) is 14.2 Å². The van der Waals surface area contributed by atoms with E-state index in [4.69, 9.17) is 23.4 Å². The molecule has 35 heavy (non-hydrogen) atoms. The third kappa shape index (κ3) is 4.17. The van der Waals surface area contributed by atoms with Crippen LogP contribution in [0, 0.1) is 0 Å². The number of hydrogen-bond donors (Lipinski definition) is 6. The molecule has 188 valence electrons. The molecule has 1 aliphatic rings. The van der Waals surface area contributed by atoms with Crippen LogP contribution in [0.15, 0.2) is 33.5 Å². The van der Waals surface area contributed by atoms with E-state index < -0.39 is 59.1 Å². The van der Waals surface area contributed by atoms with Crippen molar-refractivity contribution in [3.05, 3.63) is 34.5 Å². The molecule has 0 spiro atoms. The van der Waals surface area contributed by atoms with Crippen LogP contribution in [-0.4, -0.2) is 75.6 Å². The van der Waals surface area contributed by atoms with Crippen LogP contribution in [0.25, 0.3) is 22.3 Å². The van der Waals surface area contributed by atoms with Gasteiger partial charge in [-0.3, -0.25) is 4.79 Å². The zero-order chi connectivity index (χ0) is 25.6. The molecule has 2 heterocycles. The maximum absolute atomic E-state index is 13.5. The number of aromatic hydroxyl groups is 3. The lowest BCUT2D eigenvalue weighted by Crippen LogP contribution is -2.58. The Morgan fingerprint density at radius 1 is 0.829 bits per heavy atom. The van der Waals surface area contributed by atoms with Crippen LogP contribution < -0.4 is 19.6 Å². The Bertz CT molecular complexity index is 1290. The molecule has 0 amide bonds. The second kappa shape index (κ2) is 9.15. The number of aliphatic hydroxyl groups excluding tert-OH is 3. The lowest BCUT2D eigenvalue weighted by molar-refractivity contribution is -0.268. The topological polar surface area (TPSA) is 189 Å². The first-order valence-electron chi connectivity index (χ1n) is 10.4. The minimum atomic E-state index is -1.76. The van der Waals surface area contributed by atoms with E-state index in [1.165, 1.54) is 33.3 Å². The van der Waals surface area contributed by atoms with E-state index in [1.54, 1.807) is 0 Å². The molecule has 12 heteroatoms. The van der Waals surface area contributed by atoms with Gasteiger partial charge in [0.1, 0.15) is 40.8 Å². The standard InChI is InChI=1S/C23H24O12/c1-8-16(27)18(29)19(30)23(33-8)35-22-17(28)15-11(24)6-10(31-2)7-14(15)34-20(22)9-4-12(25)21(32-3)13(26)5-9/h4-8,16,18-19,23-27,29-30H,1-3H3/t8-,16-,18+,19+,23-/m0/s1. The fraction of sp³-hybridized carbons (Fsp3) is 0.348. The highest BCUT2D eigenvalue weighted by Gasteiger charge is 2.44. The average molecular weight is 492 g/mol. The summed E-state index contributed by atoms with van der Waals surface area (Å²) in [7, 11) is 2.58. The third-order valence-electron chi connectivity index (χ3n) is 5.70. The van der Waals surface area contributed by atoms with Crippen LogP contribution in [-0.2, 0) is 4.74 Å². The summed E-state index contributed by atoms with van der Waals surface area (Å²) in [4.78, 5) is 13.5. The fourth-order valence-electron chi connectivity index (χ4n) is 3.84. The molecule has 1 aromatic heterocycles. The van der Waals surface area contributed by atoms with E-state index >= 15 is 0 Å². The maximum Gasteiger partial charge on any atom is 0.239 e. The van der Waals surface area contributed by atoms with E-state index in [2.05, 4.69) is 0 Å². The molecule has 0 radical (unpaired) electrons. The summed E-state index contributed by atoms with van der Waals surface area (Å²) >= 11 is 0. The molecule has 2 aromatic carbocycles. The van der Waals surface area contributed by atoms with Gasteiger partial charge in [0.15, 0.2) is 17.3 Å². The Morgan fingerprint density at radius 3 is 2.09 bits per heavy atom. The number of phenols is 3. The van der Waals surface area contributed by atoms with Gasteiger partial charge in [0.05, 0.1) is 20.3 Å². The van der Waals surface area contributed by atoms with Crippen LogP contribution in [0.3, 0.4) is 0 Å². The Hall–Kier alpha value is -3.71. The zero-order valence-electron chi connectivity index (χ0n) is 18.8. The molecule has 0 saturated carbocycles. The Morgan fingerprint density at radius 2 is 1.49 bits per heavy atom. The summed E-state index contributed by atoms with van der Waals surface area (Å²) in [5.74, 6) is -2.38. The number of ether oxygens (including phenoxy) is 4. The molecule has 1 aliphatic heterocycles. The number of benzene rings is 2. The number of phenolic OH excluding ortho intramolecular Hbond substituents is 3. The van der Waals surface area contributed by atoms with Crippen molar-refractivity contribution in [1.82, 2.24) is 0 Å². The highest BCUT2D eigenvalue weighted by molar-refractivity contribution is 5.88. The van der Waals surface area contributed by atoms with Crippen molar-refractivity contribution in [1.29, 1.82) is 0 Å². The Kier molecular flexibility index (Phi) is 6.38. The highest BCUT2D eigenvalue weighted by atomic mass is 16.7. The van der Waals surface area contributed by atoms with Crippen molar-refractivity contribution in [2.24, 2.45) is 0 Å². The molecule has 4 rings (SSSR count). The van der Waals surface area contributed by atoms with Crippen LogP contribution in [0.2, 0.25) is 0 Å². The summed E-state index contributed by atoms with van der Waals surface area (Å²) in [5.41, 5.74) is -1.03. The van der Waals surface area contributed by atoms with Crippen molar-refractivity contribution < 1.29 is 54.0 Å². The van der Waals surface area contributed by atoms with Gasteiger partial charge in [-0.05, 0) is 19.1 Å². The Balaban J connectivity index is 1.95. The van der Waals surface area contributed by atoms with Gasteiger partial charge in [0.2, 0.25) is 23.2 Å². The normalized spacial score (nSPS) is 24.3. The predicted molar refractivity (Wildman–Crippen MR) is 119 cm³/mol. The molecule has 3 aromatic rings. The number of rotatable bonds is 5. The smallest absolute Gasteiger partial charge is 0.239 e. The van der Waals surface area contributed by atoms with E-state index in [-0.39, 0.29) is 33.8 Å². The van der Waals surface area contributed by atoms with E-state index in [9.17, 15) is 35.4 Å². The van der Waals surface area contributed by atoms with Gasteiger partial charge in [-0.15, -0.1) is 0 Å². The van der Waals surface area contributed by atoms with Gasteiger partial charge in [-0.2, -0.15) is 0 Å². The predicted octanol–water partition coefficient (Wildman–Crippen LogP) is 0.800. The van der Waals surface area contributed by atoms with E-state index in [1.807, 2.05) is 0 Å². The second-order valence-corrected chi connectivity index (χ2v) is 7.96. The second-order valence-electron chi connectivity index (χ2n) is 7.96. The number of aliphatic hydroxyl groups is 3. The van der Waals surface area contributed by atoms with Gasteiger partial charge in [-0.1, -0.05) is 0 Å². The SMILES string of the molecule is COc1cc(O)c2c(=O)c(O[C@@H]3O[C@@H](C)[C@H](O)[C@@H](O)[C@H]3O)c(-c3cc(O)c(OC)c(O)c3)oc2c1. The molecule has 12 nitrogen and oxygen atoms in total. The van der Waals surface area contributed by atoms with Gasteiger partial charge < -0.3 is 54.0 Å². The van der Waals surface area contributed by atoms with Crippen LogP contribution in [0.4, 0.5) is 0 Å². The molecule has 1 saturated heterocycles. The van der Waals surface area contributed by atoms with Gasteiger partial charge in [0, 0.05) is 17.7 Å². The minimum absolute atomic E-state index is 0.0314. The zero-order valence-corrected chi connectivity index (χ0v) is 18.8. The summed E-state index contributed by atoms with van der Waals surface area (Å²) in [6, 6.07) is 4.78. The molecule has 0 unspecified atom stereocenters. The molecule has 6 N–H and O–H groups in total. The minimum Gasteiger partial charge on any atom is -0.507 e. The largest absolute Gasteiger partial charge is 0.507 e. The van der Waals surface area contributed by atoms with E-state index in [0.717, 1.165) is 12.1 Å². The molecule has 0 aliphatic carbocycles. The monoisotopic (exact) mass is 492 g/mol. The van der Waals surface area contributed by atoms with Crippen molar-refractivity contribution >= 4 is 11.0 Å². The first kappa shape index (κ1) is 24.4. The molecule has 1 fully saturated rings. The van der Waals surface area contributed by atoms with E-state index in [0.29, 0.717) is 0 Å². The molecule has 0 bridgehead atoms. The molecule has 5 atom stereocenters. The summed E-state index contributed by atoms with van der Waals surface area (Å²) < 4.78 is 26.9. The summed E-state index contributed by atoms with van der Waals surface area (Å²) in [5, 5.41) is 61.1. The van der Waals surface area contributed by atoms with Crippen LogP contribution >= 0.6 is 0 Å². The average Bonchev–Trinajstić information content (AvgIpc) is 2.81. The fourth-order valence-corrected chi connectivity index (χ4v) is 3.84. The lowest BCUT2D eigenvalue weighted by Gasteiger charge is -2.38. The molecular weight excluding hydrogens is 468 g/mol. The summed E-state index contributed by atoms with van der Waals surface area (Å²) in [6.07, 6.45) is -7.41. The van der Waals surface area contributed by atoms with Gasteiger partial charge in [0.25, 0.3) is 0 Å². The number of hydrogen-bond acceptors (Lipinski definition) is 12. The van der Waals surface area contributed by atoms with Crippen molar-refractivity contribution in [2.45, 2.75) is 37.6 Å². The number of fused-ring (bicyclic) bond motifs is 1.